The maximum Gasteiger partial charge on any atom is 0.264 e. The summed E-state index contributed by atoms with van der Waals surface area (Å²) in [5.41, 5.74) is 6.27. The van der Waals surface area contributed by atoms with E-state index in [9.17, 15) is 0 Å². The summed E-state index contributed by atoms with van der Waals surface area (Å²) < 4.78 is 10.6. The van der Waals surface area contributed by atoms with E-state index >= 15 is 0 Å². The average Bonchev–Trinajstić information content (AvgIpc) is 3.09. The van der Waals surface area contributed by atoms with Gasteiger partial charge in [-0.1, -0.05) is 5.16 Å². The van der Waals surface area contributed by atoms with Crippen molar-refractivity contribution in [3.05, 3.63) is 42.5 Å². The molecule has 0 spiro atoms. The Morgan fingerprint density at radius 3 is 2.84 bits per heavy atom. The van der Waals surface area contributed by atoms with Crippen LogP contribution in [-0.4, -0.2) is 20.1 Å². The topological polar surface area (TPSA) is 103 Å². The van der Waals surface area contributed by atoms with Crippen molar-refractivity contribution in [2.24, 2.45) is 0 Å². The zero-order valence-corrected chi connectivity index (χ0v) is 9.91. The average molecular weight is 257 g/mol. The van der Waals surface area contributed by atoms with Gasteiger partial charge in [0.2, 0.25) is 5.82 Å². The molecule has 0 amide bonds. The van der Waals surface area contributed by atoms with Crippen LogP contribution in [0.2, 0.25) is 0 Å². The van der Waals surface area contributed by atoms with Gasteiger partial charge in [-0.25, -0.2) is 4.98 Å². The summed E-state index contributed by atoms with van der Waals surface area (Å²) in [5, 5.41) is 3.81. The number of benzene rings is 1. The molecular weight excluding hydrogens is 246 g/mol. The lowest BCUT2D eigenvalue weighted by molar-refractivity contribution is 0.243. The van der Waals surface area contributed by atoms with E-state index in [1.165, 1.54) is 0 Å². The number of aromatic amines is 1. The van der Waals surface area contributed by atoms with Crippen LogP contribution in [-0.2, 0) is 6.61 Å². The Labute approximate surface area is 108 Å². The number of hydrogen-bond donors (Lipinski definition) is 2. The van der Waals surface area contributed by atoms with Crippen molar-refractivity contribution in [3.63, 3.8) is 0 Å². The van der Waals surface area contributed by atoms with E-state index in [1.807, 2.05) is 0 Å². The zero-order chi connectivity index (χ0) is 13.1. The molecule has 2 aromatic heterocycles. The number of ether oxygens (including phenoxy) is 1. The highest BCUT2D eigenvalue weighted by Crippen LogP contribution is 2.15. The standard InChI is InChI=1S/C12H11N5O2/c13-8-1-3-9(4-2-8)18-7-10-16-12(17-19-10)11-14-5-6-15-11/h1-6H,7,13H2,(H,14,15). The van der Waals surface area contributed by atoms with Crippen LogP contribution < -0.4 is 10.5 Å². The van der Waals surface area contributed by atoms with Gasteiger partial charge in [0, 0.05) is 18.1 Å². The van der Waals surface area contributed by atoms with Crippen molar-refractivity contribution < 1.29 is 9.26 Å². The molecule has 0 atom stereocenters. The van der Waals surface area contributed by atoms with Crippen molar-refractivity contribution in [1.82, 2.24) is 20.1 Å². The molecule has 96 valence electrons. The van der Waals surface area contributed by atoms with E-state index < -0.39 is 0 Å². The summed E-state index contributed by atoms with van der Waals surface area (Å²) in [6, 6.07) is 7.08. The summed E-state index contributed by atoms with van der Waals surface area (Å²) in [6.07, 6.45) is 3.31. The Bertz CT molecular complexity index is 645. The van der Waals surface area contributed by atoms with Crippen LogP contribution in [0.25, 0.3) is 11.6 Å². The predicted octanol–water partition coefficient (Wildman–Crippen LogP) is 1.62. The second kappa shape index (κ2) is 4.81. The first-order valence-electron chi connectivity index (χ1n) is 5.62. The second-order valence-electron chi connectivity index (χ2n) is 3.81. The maximum absolute atomic E-state index is 5.58. The molecule has 3 aromatic rings. The van der Waals surface area contributed by atoms with E-state index in [1.54, 1.807) is 36.7 Å². The van der Waals surface area contributed by atoms with Gasteiger partial charge in [0.25, 0.3) is 5.89 Å². The Morgan fingerprint density at radius 1 is 1.26 bits per heavy atom. The van der Waals surface area contributed by atoms with Crippen LogP contribution in [0.1, 0.15) is 5.89 Å². The highest BCUT2D eigenvalue weighted by Gasteiger charge is 2.10. The van der Waals surface area contributed by atoms with E-state index in [0.29, 0.717) is 29.0 Å². The lowest BCUT2D eigenvalue weighted by Crippen LogP contribution is -1.96. The van der Waals surface area contributed by atoms with Gasteiger partial charge in [-0.15, -0.1) is 0 Å². The molecule has 3 N–H and O–H groups in total. The molecule has 0 bridgehead atoms. The smallest absolute Gasteiger partial charge is 0.264 e. The molecule has 0 fully saturated rings. The fourth-order valence-corrected chi connectivity index (χ4v) is 1.51. The van der Waals surface area contributed by atoms with Gasteiger partial charge in [0.05, 0.1) is 0 Å². The lowest BCUT2D eigenvalue weighted by atomic mass is 10.3. The molecule has 0 radical (unpaired) electrons. The minimum atomic E-state index is 0.192. The van der Waals surface area contributed by atoms with Crippen LogP contribution in [0, 0.1) is 0 Å². The number of nitrogens with zero attached hydrogens (tertiary/aromatic N) is 3. The number of anilines is 1. The quantitative estimate of drug-likeness (QED) is 0.688. The number of hydrogen-bond acceptors (Lipinski definition) is 6. The molecule has 0 saturated heterocycles. The molecule has 1 aromatic carbocycles. The molecule has 7 nitrogen and oxygen atoms in total. The molecule has 0 unspecified atom stereocenters. The summed E-state index contributed by atoms with van der Waals surface area (Å²) in [6.45, 7) is 0.192. The van der Waals surface area contributed by atoms with Gasteiger partial charge in [-0.2, -0.15) is 4.98 Å². The molecule has 0 saturated carbocycles. The van der Waals surface area contributed by atoms with Gasteiger partial charge < -0.3 is 20.0 Å². The predicted molar refractivity (Wildman–Crippen MR) is 67.1 cm³/mol. The highest BCUT2D eigenvalue weighted by molar-refractivity contribution is 5.42. The molecule has 0 aliphatic carbocycles. The minimum Gasteiger partial charge on any atom is -0.484 e. The Morgan fingerprint density at radius 2 is 2.11 bits per heavy atom. The first kappa shape index (κ1) is 11.3. The Kier molecular flexibility index (Phi) is 2.85. The third kappa shape index (κ3) is 2.54. The summed E-state index contributed by atoms with van der Waals surface area (Å²) in [4.78, 5) is 11.1. The largest absolute Gasteiger partial charge is 0.484 e. The molecule has 7 heteroatoms. The monoisotopic (exact) mass is 257 g/mol. The summed E-state index contributed by atoms with van der Waals surface area (Å²) >= 11 is 0. The first-order chi connectivity index (χ1) is 9.31. The lowest BCUT2D eigenvalue weighted by Gasteiger charge is -2.02. The molecule has 0 aliphatic heterocycles. The van der Waals surface area contributed by atoms with Gasteiger partial charge in [-0.3, -0.25) is 0 Å². The van der Waals surface area contributed by atoms with Crippen LogP contribution >= 0.6 is 0 Å². The normalized spacial score (nSPS) is 10.5. The van der Waals surface area contributed by atoms with Crippen molar-refractivity contribution in [1.29, 1.82) is 0 Å². The summed E-state index contributed by atoms with van der Waals surface area (Å²) in [5.74, 6) is 2.03. The number of aromatic nitrogens is 4. The fraction of sp³-hybridized carbons (Fsp3) is 0.0833. The van der Waals surface area contributed by atoms with Gasteiger partial charge in [0.1, 0.15) is 5.75 Å². The highest BCUT2D eigenvalue weighted by atomic mass is 16.5. The first-order valence-corrected chi connectivity index (χ1v) is 5.62. The minimum absolute atomic E-state index is 0.192. The van der Waals surface area contributed by atoms with Crippen LogP contribution in [0.5, 0.6) is 5.75 Å². The number of nitrogen functional groups attached to an aromatic ring is 1. The van der Waals surface area contributed by atoms with E-state index in [4.69, 9.17) is 15.0 Å². The second-order valence-corrected chi connectivity index (χ2v) is 3.81. The maximum atomic E-state index is 5.58. The number of rotatable bonds is 4. The molecule has 3 rings (SSSR count). The van der Waals surface area contributed by atoms with E-state index in [2.05, 4.69) is 20.1 Å². The third-order valence-electron chi connectivity index (χ3n) is 2.42. The summed E-state index contributed by atoms with van der Waals surface area (Å²) in [7, 11) is 0. The van der Waals surface area contributed by atoms with Crippen molar-refractivity contribution >= 4 is 5.69 Å². The van der Waals surface area contributed by atoms with Crippen LogP contribution in [0.15, 0.2) is 41.2 Å². The number of nitrogens with two attached hydrogens (primary N) is 1. The van der Waals surface area contributed by atoms with Gasteiger partial charge in [-0.05, 0) is 24.3 Å². The Balaban J connectivity index is 1.66. The van der Waals surface area contributed by atoms with Gasteiger partial charge in [0.15, 0.2) is 12.4 Å². The van der Waals surface area contributed by atoms with E-state index in [-0.39, 0.29) is 6.61 Å². The number of nitrogens with one attached hydrogen (secondary N) is 1. The fourth-order valence-electron chi connectivity index (χ4n) is 1.51. The third-order valence-corrected chi connectivity index (χ3v) is 2.42. The molecular formula is C12H11N5O2. The van der Waals surface area contributed by atoms with E-state index in [0.717, 1.165) is 0 Å². The zero-order valence-electron chi connectivity index (χ0n) is 9.91. The number of imidazole rings is 1. The number of H-pyrrole nitrogens is 1. The molecule has 19 heavy (non-hydrogen) atoms. The van der Waals surface area contributed by atoms with Gasteiger partial charge >= 0.3 is 0 Å². The molecule has 0 aliphatic rings. The molecule has 2 heterocycles. The van der Waals surface area contributed by atoms with Crippen LogP contribution in [0.4, 0.5) is 5.69 Å². The van der Waals surface area contributed by atoms with Crippen molar-refractivity contribution in [3.8, 4) is 17.4 Å². The van der Waals surface area contributed by atoms with Crippen molar-refractivity contribution in [2.45, 2.75) is 6.61 Å². The Hall–Kier alpha value is -2.83. The SMILES string of the molecule is Nc1ccc(OCc2nc(-c3ncc[nH]3)no2)cc1. The van der Waals surface area contributed by atoms with Crippen LogP contribution in [0.3, 0.4) is 0 Å². The van der Waals surface area contributed by atoms with Crippen molar-refractivity contribution in [2.75, 3.05) is 5.73 Å².